The molecule has 2 heterocycles. The van der Waals surface area contributed by atoms with Gasteiger partial charge in [0.1, 0.15) is 17.1 Å². The van der Waals surface area contributed by atoms with Gasteiger partial charge in [0.25, 0.3) is 0 Å². The summed E-state index contributed by atoms with van der Waals surface area (Å²) in [5.41, 5.74) is 0.828. The van der Waals surface area contributed by atoms with Crippen LogP contribution in [0.4, 0.5) is 0 Å². The van der Waals surface area contributed by atoms with E-state index in [0.717, 1.165) is 11.1 Å². The molecule has 4 rings (SSSR count). The summed E-state index contributed by atoms with van der Waals surface area (Å²) < 4.78 is 17.8. The minimum atomic E-state index is -0.891. The summed E-state index contributed by atoms with van der Waals surface area (Å²) in [6.45, 7) is 12.3. The molecule has 0 amide bonds. The van der Waals surface area contributed by atoms with Crippen molar-refractivity contribution in [2.45, 2.75) is 84.5 Å². The zero-order valence-electron chi connectivity index (χ0n) is 18.4. The SMILES string of the molecule is C/C=C1/C2=CCOC(C)(C)C2=CCC1(C)[C@@]12CC(CC1(CC)OC(C)=O)OC2=O. The van der Waals surface area contributed by atoms with Gasteiger partial charge in [-0.05, 0) is 50.3 Å². The fourth-order valence-corrected chi connectivity index (χ4v) is 6.67. The Morgan fingerprint density at radius 2 is 2.00 bits per heavy atom. The fourth-order valence-electron chi connectivity index (χ4n) is 6.67. The van der Waals surface area contributed by atoms with Crippen LogP contribution in [0.25, 0.3) is 0 Å². The average Bonchev–Trinajstić information content (AvgIpc) is 3.14. The monoisotopic (exact) mass is 400 g/mol. The van der Waals surface area contributed by atoms with E-state index < -0.39 is 16.4 Å². The predicted molar refractivity (Wildman–Crippen MR) is 109 cm³/mol. The minimum absolute atomic E-state index is 0.192. The molecule has 0 N–H and O–H groups in total. The van der Waals surface area contributed by atoms with E-state index in [2.05, 4.69) is 39.0 Å². The van der Waals surface area contributed by atoms with Gasteiger partial charge in [-0.2, -0.15) is 0 Å². The molecule has 0 aromatic carbocycles. The molecule has 0 spiro atoms. The van der Waals surface area contributed by atoms with Gasteiger partial charge in [-0.25, -0.2) is 0 Å². The topological polar surface area (TPSA) is 61.8 Å². The molecule has 2 fully saturated rings. The van der Waals surface area contributed by atoms with E-state index in [1.165, 1.54) is 12.5 Å². The first-order valence-corrected chi connectivity index (χ1v) is 10.7. The van der Waals surface area contributed by atoms with Gasteiger partial charge in [0.05, 0.1) is 12.2 Å². The Kier molecular flexibility index (Phi) is 4.44. The molecule has 158 valence electrons. The van der Waals surface area contributed by atoms with Crippen molar-refractivity contribution in [3.63, 3.8) is 0 Å². The van der Waals surface area contributed by atoms with E-state index >= 15 is 0 Å². The van der Waals surface area contributed by atoms with Crippen molar-refractivity contribution in [3.8, 4) is 0 Å². The Balaban J connectivity index is 1.93. The summed E-state index contributed by atoms with van der Waals surface area (Å²) in [4.78, 5) is 25.6. The van der Waals surface area contributed by atoms with Gasteiger partial charge in [0.15, 0.2) is 0 Å². The Bertz CT molecular complexity index is 862. The van der Waals surface area contributed by atoms with Crippen LogP contribution in [0.3, 0.4) is 0 Å². The average molecular weight is 401 g/mol. The maximum Gasteiger partial charge on any atom is 0.317 e. The Labute approximate surface area is 173 Å². The van der Waals surface area contributed by atoms with Crippen LogP contribution in [0.1, 0.15) is 67.2 Å². The van der Waals surface area contributed by atoms with Crippen LogP contribution in [-0.2, 0) is 23.8 Å². The summed E-state index contributed by atoms with van der Waals surface area (Å²) >= 11 is 0. The largest absolute Gasteiger partial charge is 0.462 e. The van der Waals surface area contributed by atoms with Gasteiger partial charge in [-0.15, -0.1) is 0 Å². The molecule has 2 bridgehead atoms. The van der Waals surface area contributed by atoms with E-state index in [1.54, 1.807) is 0 Å². The fraction of sp³-hybridized carbons (Fsp3) is 0.667. The van der Waals surface area contributed by atoms with E-state index in [-0.39, 0.29) is 23.6 Å². The summed E-state index contributed by atoms with van der Waals surface area (Å²) in [7, 11) is 0. The van der Waals surface area contributed by atoms with Crippen LogP contribution in [0.15, 0.2) is 34.9 Å². The smallest absolute Gasteiger partial charge is 0.317 e. The lowest BCUT2D eigenvalue weighted by atomic mass is 9.49. The van der Waals surface area contributed by atoms with Crippen LogP contribution in [-0.4, -0.2) is 35.9 Å². The lowest BCUT2D eigenvalue weighted by Crippen LogP contribution is -2.62. The molecule has 5 nitrogen and oxygen atoms in total. The first-order chi connectivity index (χ1) is 13.6. The maximum atomic E-state index is 13.5. The van der Waals surface area contributed by atoms with Crippen LogP contribution in [0, 0.1) is 10.8 Å². The first kappa shape index (κ1) is 20.4. The van der Waals surface area contributed by atoms with Crippen molar-refractivity contribution < 1.29 is 23.8 Å². The molecular formula is C24H32O5. The van der Waals surface area contributed by atoms with E-state index in [4.69, 9.17) is 14.2 Å². The lowest BCUT2D eigenvalue weighted by Gasteiger charge is -2.56. The van der Waals surface area contributed by atoms with Gasteiger partial charge >= 0.3 is 11.9 Å². The molecule has 0 aromatic heterocycles. The van der Waals surface area contributed by atoms with Crippen LogP contribution < -0.4 is 0 Å². The van der Waals surface area contributed by atoms with Gasteiger partial charge < -0.3 is 14.2 Å². The molecular weight excluding hydrogens is 368 g/mol. The molecule has 4 aliphatic rings. The van der Waals surface area contributed by atoms with Gasteiger partial charge in [0, 0.05) is 25.2 Å². The normalized spacial score (nSPS) is 41.5. The van der Waals surface area contributed by atoms with Crippen LogP contribution in [0.5, 0.6) is 0 Å². The third kappa shape index (κ3) is 2.43. The van der Waals surface area contributed by atoms with E-state index in [1.807, 2.05) is 13.8 Å². The van der Waals surface area contributed by atoms with E-state index in [0.29, 0.717) is 32.3 Å². The van der Waals surface area contributed by atoms with Gasteiger partial charge in [-0.1, -0.05) is 32.1 Å². The summed E-state index contributed by atoms with van der Waals surface area (Å²) in [5.74, 6) is -0.557. The molecule has 4 atom stereocenters. The second-order valence-electron chi connectivity index (χ2n) is 9.58. The molecule has 1 saturated carbocycles. The predicted octanol–water partition coefficient (Wildman–Crippen LogP) is 4.42. The van der Waals surface area contributed by atoms with Crippen molar-refractivity contribution in [2.75, 3.05) is 6.61 Å². The molecule has 0 aromatic rings. The van der Waals surface area contributed by atoms with Gasteiger partial charge in [-0.3, -0.25) is 9.59 Å². The van der Waals surface area contributed by atoms with E-state index in [9.17, 15) is 9.59 Å². The summed E-state index contributed by atoms with van der Waals surface area (Å²) in [6, 6.07) is 0. The number of ether oxygens (including phenoxy) is 3. The number of esters is 2. The molecule has 2 aliphatic carbocycles. The van der Waals surface area contributed by atoms with Crippen LogP contribution >= 0.6 is 0 Å². The van der Waals surface area contributed by atoms with Crippen molar-refractivity contribution >= 4 is 11.9 Å². The molecule has 29 heavy (non-hydrogen) atoms. The van der Waals surface area contributed by atoms with Crippen LogP contribution in [0.2, 0.25) is 0 Å². The first-order valence-electron chi connectivity index (χ1n) is 10.7. The number of allylic oxidation sites excluding steroid dienone is 3. The molecule has 2 aliphatic heterocycles. The molecule has 1 saturated heterocycles. The highest BCUT2D eigenvalue weighted by Gasteiger charge is 2.77. The number of hydrogen-bond acceptors (Lipinski definition) is 5. The van der Waals surface area contributed by atoms with Gasteiger partial charge in [0.2, 0.25) is 0 Å². The zero-order valence-corrected chi connectivity index (χ0v) is 18.4. The quantitative estimate of drug-likeness (QED) is 0.656. The van der Waals surface area contributed by atoms with Crippen molar-refractivity contribution in [1.29, 1.82) is 0 Å². The van der Waals surface area contributed by atoms with Crippen molar-refractivity contribution in [2.24, 2.45) is 10.8 Å². The highest BCUT2D eigenvalue weighted by Crippen LogP contribution is 2.70. The standard InChI is InChI=1S/C24H32O5/c1-7-18-17-10-12-27-21(4,5)19(17)9-11-22(18,6)24-14-16(28-20(24)26)13-23(24,8-2)29-15(3)25/h7,9-10,16H,8,11-14H2,1-6H3/b18-7-/t16?,22?,23?,24-/m0/s1. The Hall–Kier alpha value is -1.88. The molecule has 0 radical (unpaired) electrons. The lowest BCUT2D eigenvalue weighted by molar-refractivity contribution is -0.205. The third-order valence-electron chi connectivity index (χ3n) is 7.90. The summed E-state index contributed by atoms with van der Waals surface area (Å²) in [5, 5.41) is 0. The highest BCUT2D eigenvalue weighted by atomic mass is 16.6. The molecule has 5 heteroatoms. The number of rotatable bonds is 3. The number of carbonyl (C=O) groups excluding carboxylic acids is 2. The highest BCUT2D eigenvalue weighted by molar-refractivity contribution is 5.86. The number of hydrogen-bond donors (Lipinski definition) is 0. The van der Waals surface area contributed by atoms with Crippen molar-refractivity contribution in [1.82, 2.24) is 0 Å². The summed E-state index contributed by atoms with van der Waals surface area (Å²) in [6.07, 6.45) is 8.71. The zero-order chi connectivity index (χ0) is 21.2. The molecule has 3 unspecified atom stereocenters. The minimum Gasteiger partial charge on any atom is -0.462 e. The maximum absolute atomic E-state index is 13.5. The Morgan fingerprint density at radius 1 is 1.28 bits per heavy atom. The third-order valence-corrected chi connectivity index (χ3v) is 7.90. The Morgan fingerprint density at radius 3 is 2.59 bits per heavy atom. The number of carbonyl (C=O) groups is 2. The number of fused-ring (bicyclic) bond motifs is 3. The van der Waals surface area contributed by atoms with Crippen molar-refractivity contribution in [3.05, 3.63) is 34.9 Å². The second-order valence-corrected chi connectivity index (χ2v) is 9.58. The second kappa shape index (κ2) is 6.31.